The summed E-state index contributed by atoms with van der Waals surface area (Å²) in [5.41, 5.74) is 3.32. The lowest BCUT2D eigenvalue weighted by Gasteiger charge is -2.41. The number of hydrogen-bond donors (Lipinski definition) is 0. The van der Waals surface area contributed by atoms with Crippen molar-refractivity contribution in [2.24, 2.45) is 0 Å². The molecule has 23 heavy (non-hydrogen) atoms. The Labute approximate surface area is 139 Å². The molecule has 3 heterocycles. The largest absolute Gasteiger partial charge is 0.352 e. The van der Waals surface area contributed by atoms with Gasteiger partial charge in [-0.2, -0.15) is 0 Å². The number of fused-ring (bicyclic) bond motifs is 1. The van der Waals surface area contributed by atoms with Gasteiger partial charge in [0.15, 0.2) is 5.16 Å². The summed E-state index contributed by atoms with van der Waals surface area (Å²) in [6.45, 7) is 6.04. The minimum Gasteiger partial charge on any atom is -0.352 e. The summed E-state index contributed by atoms with van der Waals surface area (Å²) in [5.74, 6) is 2.11. The number of nitrogens with zero attached hydrogens (tertiary/aromatic N) is 5. The lowest BCUT2D eigenvalue weighted by molar-refractivity contribution is 0.398. The van der Waals surface area contributed by atoms with Crippen molar-refractivity contribution in [2.75, 3.05) is 24.2 Å². The number of benzene rings is 1. The van der Waals surface area contributed by atoms with Gasteiger partial charge in [-0.15, -0.1) is 0 Å². The number of thioether (sulfide) groups is 1. The van der Waals surface area contributed by atoms with Crippen LogP contribution in [0, 0.1) is 13.8 Å². The van der Waals surface area contributed by atoms with Crippen molar-refractivity contribution >= 4 is 28.6 Å². The minimum atomic E-state index is 0.454. The van der Waals surface area contributed by atoms with Crippen molar-refractivity contribution in [3.63, 3.8) is 0 Å². The van der Waals surface area contributed by atoms with Crippen LogP contribution in [-0.4, -0.2) is 38.9 Å². The van der Waals surface area contributed by atoms with Gasteiger partial charge in [-0.1, -0.05) is 23.9 Å². The number of anilines is 1. The Hall–Kier alpha value is -2.08. The molecule has 5 nitrogen and oxygen atoms in total. The second-order valence-electron chi connectivity index (χ2n) is 5.93. The average molecular weight is 325 g/mol. The highest BCUT2D eigenvalue weighted by atomic mass is 32.2. The van der Waals surface area contributed by atoms with Crippen LogP contribution in [0.15, 0.2) is 35.5 Å². The third-order valence-corrected chi connectivity index (χ3v) is 4.87. The molecule has 0 unspecified atom stereocenters. The molecular weight excluding hydrogens is 306 g/mol. The van der Waals surface area contributed by atoms with Gasteiger partial charge >= 0.3 is 0 Å². The third-order valence-electron chi connectivity index (χ3n) is 4.33. The number of aryl methyl sites for hydroxylation is 2. The number of aromatic nitrogens is 4. The number of hydrogen-bond acceptors (Lipinski definition) is 5. The van der Waals surface area contributed by atoms with E-state index in [1.165, 1.54) is 5.52 Å². The molecule has 4 rings (SSSR count). The molecule has 0 N–H and O–H groups in total. The van der Waals surface area contributed by atoms with Crippen LogP contribution in [0.3, 0.4) is 0 Å². The maximum absolute atomic E-state index is 4.67. The maximum atomic E-state index is 4.67. The molecule has 0 atom stereocenters. The quantitative estimate of drug-likeness (QED) is 0.546. The smallest absolute Gasteiger partial charge is 0.189 e. The topological polar surface area (TPSA) is 46.8 Å². The van der Waals surface area contributed by atoms with Gasteiger partial charge in [0, 0.05) is 24.8 Å². The summed E-state index contributed by atoms with van der Waals surface area (Å²) in [7, 11) is 0. The van der Waals surface area contributed by atoms with Crippen molar-refractivity contribution in [3.05, 3.63) is 41.9 Å². The fourth-order valence-corrected chi connectivity index (χ4v) is 3.63. The first-order chi connectivity index (χ1) is 11.2. The van der Waals surface area contributed by atoms with Crippen LogP contribution in [0.4, 0.5) is 5.82 Å². The molecular formula is C17H19N5S. The molecule has 0 radical (unpaired) electrons. The Balaban J connectivity index is 1.59. The average Bonchev–Trinajstić information content (AvgIpc) is 2.82. The second kappa shape index (κ2) is 5.53. The van der Waals surface area contributed by atoms with E-state index >= 15 is 0 Å². The van der Waals surface area contributed by atoms with Gasteiger partial charge in [-0.3, -0.25) is 0 Å². The normalized spacial score (nSPS) is 15.2. The molecule has 0 aliphatic carbocycles. The van der Waals surface area contributed by atoms with E-state index in [1.807, 2.05) is 19.2 Å². The molecule has 1 fully saturated rings. The molecule has 0 spiro atoms. The lowest BCUT2D eigenvalue weighted by atomic mass is 10.1. The molecule has 6 heteroatoms. The highest BCUT2D eigenvalue weighted by Crippen LogP contribution is 2.31. The predicted molar refractivity (Wildman–Crippen MR) is 94.3 cm³/mol. The SMILES string of the molecule is CSc1nc(C)cc(N2CC(n3c(C)nc4ccccc43)C2)n1. The van der Waals surface area contributed by atoms with Crippen LogP contribution < -0.4 is 4.90 Å². The molecule has 0 amide bonds. The van der Waals surface area contributed by atoms with Gasteiger partial charge in [-0.25, -0.2) is 15.0 Å². The van der Waals surface area contributed by atoms with Crippen molar-refractivity contribution < 1.29 is 0 Å². The van der Waals surface area contributed by atoms with Gasteiger partial charge < -0.3 is 9.47 Å². The Kier molecular flexibility index (Phi) is 3.49. The van der Waals surface area contributed by atoms with E-state index in [2.05, 4.69) is 55.6 Å². The molecule has 1 aliphatic heterocycles. The summed E-state index contributed by atoms with van der Waals surface area (Å²) in [5, 5.41) is 0.840. The lowest BCUT2D eigenvalue weighted by Crippen LogP contribution is -2.48. The van der Waals surface area contributed by atoms with Gasteiger partial charge in [0.1, 0.15) is 11.6 Å². The standard InChI is InChI=1S/C17H19N5S/c1-11-8-16(20-17(18-11)23-3)21-9-13(10-21)22-12(2)19-14-6-4-5-7-15(14)22/h4-8,13H,9-10H2,1-3H3. The molecule has 0 saturated carbocycles. The highest BCUT2D eigenvalue weighted by molar-refractivity contribution is 7.98. The molecule has 2 aromatic heterocycles. The predicted octanol–water partition coefficient (Wildman–Crippen LogP) is 3.23. The molecule has 118 valence electrons. The van der Waals surface area contributed by atoms with E-state index in [-0.39, 0.29) is 0 Å². The monoisotopic (exact) mass is 325 g/mol. The van der Waals surface area contributed by atoms with Crippen LogP contribution in [0.2, 0.25) is 0 Å². The van der Waals surface area contributed by atoms with Crippen molar-refractivity contribution in [1.82, 2.24) is 19.5 Å². The van der Waals surface area contributed by atoms with Crippen LogP contribution in [0.1, 0.15) is 17.6 Å². The van der Waals surface area contributed by atoms with Crippen LogP contribution in [0.5, 0.6) is 0 Å². The zero-order valence-corrected chi connectivity index (χ0v) is 14.3. The zero-order chi connectivity index (χ0) is 16.0. The Morgan fingerprint density at radius 1 is 1.09 bits per heavy atom. The van der Waals surface area contributed by atoms with E-state index in [4.69, 9.17) is 0 Å². The van der Waals surface area contributed by atoms with E-state index < -0.39 is 0 Å². The van der Waals surface area contributed by atoms with Crippen LogP contribution in [-0.2, 0) is 0 Å². The summed E-state index contributed by atoms with van der Waals surface area (Å²) in [6.07, 6.45) is 2.01. The van der Waals surface area contributed by atoms with E-state index in [0.717, 1.165) is 41.1 Å². The number of rotatable bonds is 3. The molecule has 3 aromatic rings. The fraction of sp³-hybridized carbons (Fsp3) is 0.353. The second-order valence-corrected chi connectivity index (χ2v) is 6.70. The molecule has 1 aliphatic rings. The first kappa shape index (κ1) is 14.5. The molecule has 1 aromatic carbocycles. The van der Waals surface area contributed by atoms with Crippen molar-refractivity contribution in [3.8, 4) is 0 Å². The zero-order valence-electron chi connectivity index (χ0n) is 13.5. The van der Waals surface area contributed by atoms with Gasteiger partial charge in [0.25, 0.3) is 0 Å². The van der Waals surface area contributed by atoms with Crippen LogP contribution in [0.25, 0.3) is 11.0 Å². The molecule has 1 saturated heterocycles. The summed E-state index contributed by atoms with van der Waals surface area (Å²) < 4.78 is 2.36. The third kappa shape index (κ3) is 2.47. The molecule has 0 bridgehead atoms. The Morgan fingerprint density at radius 3 is 2.65 bits per heavy atom. The maximum Gasteiger partial charge on any atom is 0.189 e. The van der Waals surface area contributed by atoms with E-state index in [0.29, 0.717) is 6.04 Å². The van der Waals surface area contributed by atoms with Gasteiger partial charge in [-0.05, 0) is 32.2 Å². The van der Waals surface area contributed by atoms with Gasteiger partial charge in [0.05, 0.1) is 17.1 Å². The minimum absolute atomic E-state index is 0.454. The van der Waals surface area contributed by atoms with Crippen LogP contribution >= 0.6 is 11.8 Å². The highest BCUT2D eigenvalue weighted by Gasteiger charge is 2.31. The first-order valence-electron chi connectivity index (χ1n) is 7.74. The summed E-state index contributed by atoms with van der Waals surface area (Å²) in [6, 6.07) is 10.9. The van der Waals surface area contributed by atoms with Gasteiger partial charge in [0.2, 0.25) is 0 Å². The fourth-order valence-electron chi connectivity index (χ4n) is 3.21. The summed E-state index contributed by atoms with van der Waals surface area (Å²) in [4.78, 5) is 16.0. The Bertz CT molecular complexity index is 867. The Morgan fingerprint density at radius 2 is 1.87 bits per heavy atom. The van der Waals surface area contributed by atoms with Crippen molar-refractivity contribution in [1.29, 1.82) is 0 Å². The number of imidazole rings is 1. The van der Waals surface area contributed by atoms with Crippen molar-refractivity contribution in [2.45, 2.75) is 25.0 Å². The van der Waals surface area contributed by atoms with E-state index in [9.17, 15) is 0 Å². The first-order valence-corrected chi connectivity index (χ1v) is 8.96. The van der Waals surface area contributed by atoms with E-state index in [1.54, 1.807) is 11.8 Å². The number of para-hydroxylation sites is 2. The summed E-state index contributed by atoms with van der Waals surface area (Å²) >= 11 is 1.59.